The predicted octanol–water partition coefficient (Wildman–Crippen LogP) is 1.59. The third-order valence-corrected chi connectivity index (χ3v) is 2.72. The molecule has 0 spiro atoms. The van der Waals surface area contributed by atoms with Crippen LogP contribution in [0.2, 0.25) is 0 Å². The summed E-state index contributed by atoms with van der Waals surface area (Å²) < 4.78 is 4.92. The van der Waals surface area contributed by atoms with Crippen LogP contribution in [0.15, 0.2) is 24.3 Å². The molecule has 0 saturated heterocycles. The summed E-state index contributed by atoms with van der Waals surface area (Å²) in [5, 5.41) is 9.16. The van der Waals surface area contributed by atoms with Gasteiger partial charge in [0.1, 0.15) is 5.75 Å². The van der Waals surface area contributed by atoms with Crippen molar-refractivity contribution >= 4 is 17.5 Å². The highest BCUT2D eigenvalue weighted by Gasteiger charge is 2.27. The number of esters is 1. The number of benzene rings is 1. The van der Waals surface area contributed by atoms with Gasteiger partial charge in [-0.15, -0.1) is 0 Å². The Hall–Kier alpha value is -2.17. The largest absolute Gasteiger partial charge is 0.508 e. The van der Waals surface area contributed by atoms with E-state index in [1.165, 1.54) is 26.0 Å². The second kappa shape index (κ2) is 6.13. The van der Waals surface area contributed by atoms with E-state index in [1.807, 2.05) is 0 Å². The molecule has 0 bridgehead atoms. The van der Waals surface area contributed by atoms with Gasteiger partial charge in [-0.25, -0.2) is 0 Å². The maximum absolute atomic E-state index is 11.9. The number of aromatic hydroxyl groups is 1. The van der Waals surface area contributed by atoms with E-state index in [4.69, 9.17) is 9.84 Å². The average molecular weight is 264 g/mol. The van der Waals surface area contributed by atoms with E-state index in [0.29, 0.717) is 5.56 Å². The van der Waals surface area contributed by atoms with Crippen molar-refractivity contribution in [3.8, 4) is 5.75 Å². The van der Waals surface area contributed by atoms with Crippen molar-refractivity contribution in [3.05, 3.63) is 29.8 Å². The van der Waals surface area contributed by atoms with Crippen molar-refractivity contribution in [3.63, 3.8) is 0 Å². The highest BCUT2D eigenvalue weighted by atomic mass is 16.6. The van der Waals surface area contributed by atoms with Gasteiger partial charge in [0.25, 0.3) is 0 Å². The molecule has 0 heterocycles. The first kappa shape index (κ1) is 14.9. The Morgan fingerprint density at radius 3 is 1.95 bits per heavy atom. The Bertz CT molecular complexity index is 475. The lowest BCUT2D eigenvalue weighted by molar-refractivity contribution is -0.160. The number of rotatable bonds is 5. The summed E-state index contributed by atoms with van der Waals surface area (Å²) in [6, 6.07) is 6.06. The molecule has 1 unspecified atom stereocenters. The maximum atomic E-state index is 11.9. The van der Waals surface area contributed by atoms with Crippen LogP contribution in [0, 0.1) is 0 Å². The molecule has 0 aliphatic heterocycles. The lowest BCUT2D eigenvalue weighted by atomic mass is 10.0. The Morgan fingerprint density at radius 2 is 1.53 bits per heavy atom. The minimum atomic E-state index is -1.34. The van der Waals surface area contributed by atoms with Crippen molar-refractivity contribution in [2.45, 2.75) is 32.8 Å². The molecule has 1 atom stereocenters. The first-order chi connectivity index (χ1) is 8.82. The molecule has 0 amide bonds. The topological polar surface area (TPSA) is 80.7 Å². The fraction of sp³-hybridized carbons (Fsp3) is 0.357. The zero-order chi connectivity index (χ0) is 14.6. The maximum Gasteiger partial charge on any atom is 0.314 e. The van der Waals surface area contributed by atoms with Crippen LogP contribution < -0.4 is 0 Å². The average Bonchev–Trinajstić information content (AvgIpc) is 2.34. The molecule has 1 N–H and O–H groups in total. The van der Waals surface area contributed by atoms with Gasteiger partial charge in [-0.2, -0.15) is 0 Å². The van der Waals surface area contributed by atoms with Gasteiger partial charge in [-0.3, -0.25) is 14.4 Å². The molecule has 1 aromatic rings. The number of ketones is 2. The summed E-state index contributed by atoms with van der Waals surface area (Å²) in [6.45, 7) is 4.00. The SMILES string of the molecule is CC(=O)C(OC(=O)C(C)c1ccc(O)cc1)C(C)=O. The quantitative estimate of drug-likeness (QED) is 0.645. The number of ether oxygens (including phenoxy) is 1. The lowest BCUT2D eigenvalue weighted by Crippen LogP contribution is -2.33. The van der Waals surface area contributed by atoms with Crippen LogP contribution in [0.4, 0.5) is 0 Å². The van der Waals surface area contributed by atoms with Crippen LogP contribution >= 0.6 is 0 Å². The molecule has 0 saturated carbocycles. The number of phenols is 1. The molecule has 5 heteroatoms. The van der Waals surface area contributed by atoms with Crippen molar-refractivity contribution in [2.75, 3.05) is 0 Å². The van der Waals surface area contributed by atoms with E-state index in [-0.39, 0.29) is 5.75 Å². The summed E-state index contributed by atoms with van der Waals surface area (Å²) in [5.41, 5.74) is 0.633. The van der Waals surface area contributed by atoms with Crippen molar-refractivity contribution in [1.29, 1.82) is 0 Å². The van der Waals surface area contributed by atoms with E-state index in [2.05, 4.69) is 0 Å². The second-order valence-electron chi connectivity index (χ2n) is 4.35. The monoisotopic (exact) mass is 264 g/mol. The van der Waals surface area contributed by atoms with Gasteiger partial charge < -0.3 is 9.84 Å². The van der Waals surface area contributed by atoms with E-state index >= 15 is 0 Å². The summed E-state index contributed by atoms with van der Waals surface area (Å²) in [7, 11) is 0. The van der Waals surface area contributed by atoms with Gasteiger partial charge in [0.05, 0.1) is 5.92 Å². The molecular weight excluding hydrogens is 248 g/mol. The third-order valence-electron chi connectivity index (χ3n) is 2.72. The first-order valence-electron chi connectivity index (χ1n) is 5.83. The highest BCUT2D eigenvalue weighted by Crippen LogP contribution is 2.20. The summed E-state index contributed by atoms with van der Waals surface area (Å²) in [5.74, 6) is -2.19. The van der Waals surface area contributed by atoms with Crippen LogP contribution in [0.5, 0.6) is 5.75 Å². The lowest BCUT2D eigenvalue weighted by Gasteiger charge is -2.16. The van der Waals surface area contributed by atoms with Crippen molar-refractivity contribution in [1.82, 2.24) is 0 Å². The smallest absolute Gasteiger partial charge is 0.314 e. The van der Waals surface area contributed by atoms with E-state index < -0.39 is 29.6 Å². The third kappa shape index (κ3) is 3.91. The van der Waals surface area contributed by atoms with Crippen LogP contribution in [0.25, 0.3) is 0 Å². The minimum absolute atomic E-state index is 0.0923. The van der Waals surface area contributed by atoms with Gasteiger partial charge in [-0.1, -0.05) is 12.1 Å². The number of carbonyl (C=O) groups is 3. The molecule has 0 aromatic heterocycles. The Labute approximate surface area is 111 Å². The van der Waals surface area contributed by atoms with Crippen LogP contribution in [0.3, 0.4) is 0 Å². The molecule has 0 aliphatic carbocycles. The number of phenolic OH excluding ortho intramolecular Hbond substituents is 1. The fourth-order valence-corrected chi connectivity index (χ4v) is 1.57. The summed E-state index contributed by atoms with van der Waals surface area (Å²) in [6.07, 6.45) is -1.34. The molecule has 0 fully saturated rings. The Balaban J connectivity index is 2.80. The van der Waals surface area contributed by atoms with E-state index in [0.717, 1.165) is 0 Å². The minimum Gasteiger partial charge on any atom is -0.508 e. The zero-order valence-electron chi connectivity index (χ0n) is 11.0. The molecule has 19 heavy (non-hydrogen) atoms. The number of carbonyl (C=O) groups excluding carboxylic acids is 3. The van der Waals surface area contributed by atoms with Gasteiger partial charge in [0, 0.05) is 0 Å². The predicted molar refractivity (Wildman–Crippen MR) is 67.8 cm³/mol. The first-order valence-corrected chi connectivity index (χ1v) is 5.83. The fourth-order valence-electron chi connectivity index (χ4n) is 1.57. The molecule has 0 radical (unpaired) electrons. The molecule has 5 nitrogen and oxygen atoms in total. The van der Waals surface area contributed by atoms with Gasteiger partial charge >= 0.3 is 5.97 Å². The second-order valence-corrected chi connectivity index (χ2v) is 4.35. The molecular formula is C14H16O5. The van der Waals surface area contributed by atoms with Crippen LogP contribution in [-0.4, -0.2) is 28.7 Å². The summed E-state index contributed by atoms with van der Waals surface area (Å²) in [4.78, 5) is 34.2. The standard InChI is InChI=1S/C14H16O5/c1-8(11-4-6-12(17)7-5-11)14(18)19-13(9(2)15)10(3)16/h4-8,13,17H,1-3H3. The van der Waals surface area contributed by atoms with Crippen molar-refractivity contribution in [2.24, 2.45) is 0 Å². The number of Topliss-reactive ketones (excluding diaryl/α,β-unsaturated/α-hetero) is 2. The molecule has 102 valence electrons. The van der Waals surface area contributed by atoms with E-state index in [9.17, 15) is 14.4 Å². The van der Waals surface area contributed by atoms with Crippen LogP contribution in [-0.2, 0) is 19.1 Å². The van der Waals surface area contributed by atoms with Gasteiger partial charge in [0.2, 0.25) is 6.10 Å². The molecule has 1 rings (SSSR count). The molecule has 0 aliphatic rings. The highest BCUT2D eigenvalue weighted by molar-refractivity contribution is 6.04. The van der Waals surface area contributed by atoms with E-state index in [1.54, 1.807) is 19.1 Å². The van der Waals surface area contributed by atoms with Crippen molar-refractivity contribution < 1.29 is 24.2 Å². The number of hydrogen-bond acceptors (Lipinski definition) is 5. The number of hydrogen-bond donors (Lipinski definition) is 1. The normalized spacial score (nSPS) is 12.0. The van der Waals surface area contributed by atoms with Crippen LogP contribution in [0.1, 0.15) is 32.3 Å². The Morgan fingerprint density at radius 1 is 1.05 bits per heavy atom. The molecule has 1 aromatic carbocycles. The zero-order valence-corrected chi connectivity index (χ0v) is 11.0. The Kier molecular flexibility index (Phi) is 4.80. The van der Waals surface area contributed by atoms with Gasteiger partial charge in [0.15, 0.2) is 11.6 Å². The summed E-state index contributed by atoms with van der Waals surface area (Å²) >= 11 is 0. The van der Waals surface area contributed by atoms with Gasteiger partial charge in [-0.05, 0) is 38.5 Å².